The van der Waals surface area contributed by atoms with Crippen LogP contribution in [0.1, 0.15) is 18.9 Å². The monoisotopic (exact) mass is 287 g/mol. The molecule has 1 amide bonds. The first-order valence-electron chi connectivity index (χ1n) is 6.89. The van der Waals surface area contributed by atoms with Crippen LogP contribution in [0.3, 0.4) is 0 Å². The van der Waals surface area contributed by atoms with Gasteiger partial charge in [0.15, 0.2) is 6.10 Å². The lowest BCUT2D eigenvalue weighted by molar-refractivity contribution is -0.122. The van der Waals surface area contributed by atoms with E-state index in [1.165, 1.54) is 12.1 Å². The fourth-order valence-electron chi connectivity index (χ4n) is 1.93. The molecule has 0 unspecified atom stereocenters. The molecule has 0 spiro atoms. The quantitative estimate of drug-likeness (QED) is 0.905. The Hall–Kier alpha value is -2.36. The highest BCUT2D eigenvalue weighted by Crippen LogP contribution is 2.18. The zero-order chi connectivity index (χ0) is 15.2. The van der Waals surface area contributed by atoms with Gasteiger partial charge in [0.05, 0.1) is 0 Å². The number of anilines is 1. The molecule has 0 heterocycles. The van der Waals surface area contributed by atoms with Gasteiger partial charge in [0.2, 0.25) is 0 Å². The number of benzene rings is 2. The van der Waals surface area contributed by atoms with Crippen LogP contribution in [0, 0.1) is 12.7 Å². The van der Waals surface area contributed by atoms with Crippen LogP contribution in [-0.2, 0) is 4.79 Å². The van der Waals surface area contributed by atoms with Gasteiger partial charge in [-0.1, -0.05) is 31.2 Å². The van der Waals surface area contributed by atoms with Crippen LogP contribution in [0.2, 0.25) is 0 Å². The highest BCUT2D eigenvalue weighted by atomic mass is 19.1. The van der Waals surface area contributed by atoms with E-state index in [0.717, 1.165) is 5.56 Å². The van der Waals surface area contributed by atoms with Crippen molar-refractivity contribution in [3.05, 3.63) is 59.9 Å². The minimum atomic E-state index is -0.616. The molecule has 2 rings (SSSR count). The number of hydrogen-bond acceptors (Lipinski definition) is 2. The zero-order valence-electron chi connectivity index (χ0n) is 12.1. The van der Waals surface area contributed by atoms with Crippen molar-refractivity contribution in [2.75, 3.05) is 5.32 Å². The summed E-state index contributed by atoms with van der Waals surface area (Å²) >= 11 is 0. The molecule has 1 atom stereocenters. The van der Waals surface area contributed by atoms with Crippen molar-refractivity contribution >= 4 is 11.6 Å². The third kappa shape index (κ3) is 4.05. The van der Waals surface area contributed by atoms with Crippen LogP contribution in [-0.4, -0.2) is 12.0 Å². The summed E-state index contributed by atoms with van der Waals surface area (Å²) in [6.45, 7) is 3.68. The van der Waals surface area contributed by atoms with Gasteiger partial charge in [-0.15, -0.1) is 0 Å². The highest BCUT2D eigenvalue weighted by Gasteiger charge is 2.19. The van der Waals surface area contributed by atoms with E-state index in [9.17, 15) is 9.18 Å². The van der Waals surface area contributed by atoms with Crippen molar-refractivity contribution in [2.45, 2.75) is 26.4 Å². The molecule has 2 aromatic rings. The maximum absolute atomic E-state index is 13.2. The lowest BCUT2D eigenvalue weighted by Crippen LogP contribution is -2.32. The van der Waals surface area contributed by atoms with Gasteiger partial charge in [0.25, 0.3) is 5.91 Å². The fourth-order valence-corrected chi connectivity index (χ4v) is 1.93. The highest BCUT2D eigenvalue weighted by molar-refractivity contribution is 5.95. The number of amides is 1. The molecule has 0 saturated heterocycles. The summed E-state index contributed by atoms with van der Waals surface area (Å²) in [5.74, 6) is -0.0292. The maximum Gasteiger partial charge on any atom is 0.265 e. The van der Waals surface area contributed by atoms with Gasteiger partial charge >= 0.3 is 0 Å². The summed E-state index contributed by atoms with van der Waals surface area (Å²) in [6.07, 6.45) is -0.0928. The molecule has 0 radical (unpaired) electrons. The Morgan fingerprint density at radius 1 is 1.24 bits per heavy atom. The molecule has 2 aromatic carbocycles. The Bertz CT molecular complexity index is 613. The number of halogens is 1. The zero-order valence-corrected chi connectivity index (χ0v) is 12.1. The van der Waals surface area contributed by atoms with Gasteiger partial charge in [-0.25, -0.2) is 4.39 Å². The Morgan fingerprint density at radius 3 is 2.62 bits per heavy atom. The molecule has 0 saturated carbocycles. The van der Waals surface area contributed by atoms with Crippen molar-refractivity contribution in [3.63, 3.8) is 0 Å². The van der Waals surface area contributed by atoms with E-state index in [1.807, 2.05) is 32.0 Å². The fraction of sp³-hybridized carbons (Fsp3) is 0.235. The van der Waals surface area contributed by atoms with Crippen molar-refractivity contribution in [1.82, 2.24) is 0 Å². The Kier molecular flexibility index (Phi) is 4.93. The SMILES string of the molecule is CC[C@H](Oc1ccccc1)C(=O)Nc1cc(F)ccc1C. The molecule has 3 nitrogen and oxygen atoms in total. The number of para-hydroxylation sites is 1. The van der Waals surface area contributed by atoms with Crippen molar-refractivity contribution in [3.8, 4) is 5.75 Å². The van der Waals surface area contributed by atoms with E-state index in [-0.39, 0.29) is 11.7 Å². The number of nitrogens with one attached hydrogen (secondary N) is 1. The molecule has 21 heavy (non-hydrogen) atoms. The van der Waals surface area contributed by atoms with Gasteiger partial charge in [0.1, 0.15) is 11.6 Å². The Balaban J connectivity index is 2.08. The van der Waals surface area contributed by atoms with E-state index >= 15 is 0 Å². The normalized spacial score (nSPS) is 11.8. The number of hydrogen-bond donors (Lipinski definition) is 1. The van der Waals surface area contributed by atoms with E-state index in [0.29, 0.717) is 17.9 Å². The standard InChI is InChI=1S/C17H18FNO2/c1-3-16(21-14-7-5-4-6-8-14)17(20)19-15-11-13(18)10-9-12(15)2/h4-11,16H,3H2,1-2H3,(H,19,20)/t16-/m0/s1. The molecule has 0 aliphatic rings. The summed E-state index contributed by atoms with van der Waals surface area (Å²) in [6, 6.07) is 13.5. The number of carbonyl (C=O) groups is 1. The van der Waals surface area contributed by atoms with Gasteiger partial charge in [-0.2, -0.15) is 0 Å². The van der Waals surface area contributed by atoms with Crippen LogP contribution in [0.15, 0.2) is 48.5 Å². The minimum Gasteiger partial charge on any atom is -0.481 e. The van der Waals surface area contributed by atoms with Crippen LogP contribution < -0.4 is 10.1 Å². The first-order valence-corrected chi connectivity index (χ1v) is 6.89. The van der Waals surface area contributed by atoms with Crippen molar-refractivity contribution in [1.29, 1.82) is 0 Å². The Labute approximate surface area is 123 Å². The maximum atomic E-state index is 13.2. The molecule has 0 aliphatic heterocycles. The third-order valence-corrected chi connectivity index (χ3v) is 3.14. The lowest BCUT2D eigenvalue weighted by Gasteiger charge is -2.18. The largest absolute Gasteiger partial charge is 0.481 e. The first kappa shape index (κ1) is 15.0. The van der Waals surface area contributed by atoms with Crippen LogP contribution in [0.5, 0.6) is 5.75 Å². The van der Waals surface area contributed by atoms with Gasteiger partial charge in [-0.05, 0) is 43.2 Å². The third-order valence-electron chi connectivity index (χ3n) is 3.14. The summed E-state index contributed by atoms with van der Waals surface area (Å²) in [7, 11) is 0. The molecule has 0 aliphatic carbocycles. The van der Waals surface area contributed by atoms with Crippen molar-refractivity contribution in [2.24, 2.45) is 0 Å². The molecule has 110 valence electrons. The molecular weight excluding hydrogens is 269 g/mol. The predicted octanol–water partition coefficient (Wildman–Crippen LogP) is 3.93. The summed E-state index contributed by atoms with van der Waals surface area (Å²) in [5.41, 5.74) is 1.27. The number of carbonyl (C=O) groups excluding carboxylic acids is 1. The van der Waals surface area contributed by atoms with Crippen LogP contribution in [0.4, 0.5) is 10.1 Å². The van der Waals surface area contributed by atoms with E-state index in [2.05, 4.69) is 5.32 Å². The van der Waals surface area contributed by atoms with Crippen LogP contribution in [0.25, 0.3) is 0 Å². The molecule has 1 N–H and O–H groups in total. The second-order valence-corrected chi connectivity index (χ2v) is 4.78. The average molecular weight is 287 g/mol. The number of rotatable bonds is 5. The van der Waals surface area contributed by atoms with E-state index < -0.39 is 6.10 Å². The molecule has 0 aromatic heterocycles. The van der Waals surface area contributed by atoms with E-state index in [4.69, 9.17) is 4.74 Å². The minimum absolute atomic E-state index is 0.282. The topological polar surface area (TPSA) is 38.3 Å². The second kappa shape index (κ2) is 6.88. The van der Waals surface area contributed by atoms with Gasteiger partial charge < -0.3 is 10.1 Å². The van der Waals surface area contributed by atoms with Crippen LogP contribution >= 0.6 is 0 Å². The summed E-state index contributed by atoms with van der Waals surface area (Å²) < 4.78 is 18.9. The molecule has 0 fully saturated rings. The average Bonchev–Trinajstić information content (AvgIpc) is 2.49. The summed E-state index contributed by atoms with van der Waals surface area (Å²) in [5, 5.41) is 2.72. The van der Waals surface area contributed by atoms with Gasteiger partial charge in [0, 0.05) is 5.69 Å². The predicted molar refractivity (Wildman–Crippen MR) is 80.9 cm³/mol. The lowest BCUT2D eigenvalue weighted by atomic mass is 10.1. The van der Waals surface area contributed by atoms with E-state index in [1.54, 1.807) is 18.2 Å². The molecule has 0 bridgehead atoms. The first-order chi connectivity index (χ1) is 10.1. The number of ether oxygens (including phenoxy) is 1. The molecular formula is C17H18FNO2. The van der Waals surface area contributed by atoms with Gasteiger partial charge in [-0.3, -0.25) is 4.79 Å². The number of aryl methyl sites for hydroxylation is 1. The Morgan fingerprint density at radius 2 is 1.95 bits per heavy atom. The second-order valence-electron chi connectivity index (χ2n) is 4.78. The smallest absolute Gasteiger partial charge is 0.265 e. The van der Waals surface area contributed by atoms with Crippen molar-refractivity contribution < 1.29 is 13.9 Å². The summed E-state index contributed by atoms with van der Waals surface area (Å²) in [4.78, 5) is 12.3. The molecule has 4 heteroatoms.